The largest absolute Gasteiger partial charge is 0.466 e. The first kappa shape index (κ1) is 23.2. The van der Waals surface area contributed by atoms with Gasteiger partial charge in [-0.15, -0.1) is 0 Å². The number of benzene rings is 2. The number of carbonyl (C=O) groups excluding carboxylic acids is 3. The predicted molar refractivity (Wildman–Crippen MR) is 127 cm³/mol. The SMILES string of the molecule is CCOC(=O)CC(NC(=O)c1cccc2c1C(=O)N(Cc1cccnc1)C2)c1ccc(C)cc1. The van der Waals surface area contributed by atoms with Crippen LogP contribution in [0.5, 0.6) is 0 Å². The number of hydrogen-bond acceptors (Lipinski definition) is 5. The first-order chi connectivity index (χ1) is 16.5. The Bertz CT molecular complexity index is 1190. The quantitative estimate of drug-likeness (QED) is 0.517. The number of esters is 1. The highest BCUT2D eigenvalue weighted by molar-refractivity contribution is 6.09. The molecule has 34 heavy (non-hydrogen) atoms. The van der Waals surface area contributed by atoms with Crippen LogP contribution in [-0.4, -0.2) is 34.3 Å². The second kappa shape index (κ2) is 10.3. The summed E-state index contributed by atoms with van der Waals surface area (Å²) in [6, 6.07) is 16.1. The second-order valence-corrected chi connectivity index (χ2v) is 8.31. The van der Waals surface area contributed by atoms with E-state index in [0.29, 0.717) is 24.2 Å². The molecule has 4 rings (SSSR count). The molecule has 7 nitrogen and oxygen atoms in total. The van der Waals surface area contributed by atoms with E-state index < -0.39 is 17.9 Å². The lowest BCUT2D eigenvalue weighted by Crippen LogP contribution is -2.32. The summed E-state index contributed by atoms with van der Waals surface area (Å²) in [7, 11) is 0. The Kier molecular flexibility index (Phi) is 7.01. The number of amides is 2. The van der Waals surface area contributed by atoms with Crippen molar-refractivity contribution in [3.63, 3.8) is 0 Å². The molecule has 0 radical (unpaired) electrons. The number of aryl methyl sites for hydroxylation is 1. The van der Waals surface area contributed by atoms with Gasteiger partial charge in [0, 0.05) is 25.5 Å². The molecule has 0 fully saturated rings. The van der Waals surface area contributed by atoms with Crippen molar-refractivity contribution in [1.29, 1.82) is 0 Å². The molecule has 2 amide bonds. The minimum Gasteiger partial charge on any atom is -0.466 e. The van der Waals surface area contributed by atoms with Gasteiger partial charge < -0.3 is 15.0 Å². The fourth-order valence-corrected chi connectivity index (χ4v) is 4.12. The molecule has 3 aromatic rings. The number of aromatic nitrogens is 1. The van der Waals surface area contributed by atoms with Crippen LogP contribution in [0.4, 0.5) is 0 Å². The summed E-state index contributed by atoms with van der Waals surface area (Å²) < 4.78 is 5.11. The lowest BCUT2D eigenvalue weighted by molar-refractivity contribution is -0.143. The van der Waals surface area contributed by atoms with Crippen LogP contribution in [0.25, 0.3) is 0 Å². The van der Waals surface area contributed by atoms with E-state index >= 15 is 0 Å². The topological polar surface area (TPSA) is 88.6 Å². The van der Waals surface area contributed by atoms with Crippen molar-refractivity contribution in [1.82, 2.24) is 15.2 Å². The maximum atomic E-state index is 13.4. The molecule has 2 heterocycles. The summed E-state index contributed by atoms with van der Waals surface area (Å²) in [6.45, 7) is 4.82. The zero-order valence-electron chi connectivity index (χ0n) is 19.3. The normalized spacial score (nSPS) is 13.4. The van der Waals surface area contributed by atoms with Crippen LogP contribution in [0.3, 0.4) is 0 Å². The van der Waals surface area contributed by atoms with Crippen LogP contribution in [0.2, 0.25) is 0 Å². The minimum absolute atomic E-state index is 0.00125. The Morgan fingerprint density at radius 1 is 1.12 bits per heavy atom. The Hall–Kier alpha value is -4.00. The van der Waals surface area contributed by atoms with Gasteiger partial charge in [0.2, 0.25) is 0 Å². The predicted octanol–water partition coefficient (Wildman–Crippen LogP) is 3.97. The molecule has 1 aliphatic heterocycles. The summed E-state index contributed by atoms with van der Waals surface area (Å²) in [5.41, 5.74) is 4.30. The molecule has 1 N–H and O–H groups in total. The van der Waals surface area contributed by atoms with E-state index in [1.807, 2.05) is 49.4 Å². The Labute approximate surface area is 198 Å². The van der Waals surface area contributed by atoms with Gasteiger partial charge in [0.1, 0.15) is 0 Å². The second-order valence-electron chi connectivity index (χ2n) is 8.31. The van der Waals surface area contributed by atoms with E-state index in [0.717, 1.165) is 22.3 Å². The van der Waals surface area contributed by atoms with Gasteiger partial charge in [0.25, 0.3) is 11.8 Å². The third kappa shape index (κ3) is 5.14. The van der Waals surface area contributed by atoms with Crippen LogP contribution < -0.4 is 5.32 Å². The minimum atomic E-state index is -0.578. The number of hydrogen-bond donors (Lipinski definition) is 1. The van der Waals surface area contributed by atoms with Crippen LogP contribution in [0.1, 0.15) is 62.4 Å². The summed E-state index contributed by atoms with van der Waals surface area (Å²) in [4.78, 5) is 44.6. The molecular weight excluding hydrogens is 430 g/mol. The molecule has 174 valence electrons. The van der Waals surface area contributed by atoms with E-state index in [-0.39, 0.29) is 18.9 Å². The molecule has 0 saturated carbocycles. The van der Waals surface area contributed by atoms with Crippen molar-refractivity contribution in [2.45, 2.75) is 39.4 Å². The highest BCUT2D eigenvalue weighted by Gasteiger charge is 2.32. The molecule has 0 aliphatic carbocycles. The Morgan fingerprint density at radius 2 is 1.91 bits per heavy atom. The van der Waals surface area contributed by atoms with Gasteiger partial charge in [-0.2, -0.15) is 0 Å². The lowest BCUT2D eigenvalue weighted by atomic mass is 9.99. The maximum Gasteiger partial charge on any atom is 0.308 e. The van der Waals surface area contributed by atoms with Crippen molar-refractivity contribution in [3.05, 3.63) is 100 Å². The average molecular weight is 458 g/mol. The summed E-state index contributed by atoms with van der Waals surface area (Å²) in [5, 5.41) is 2.95. The molecule has 0 saturated heterocycles. The number of nitrogens with one attached hydrogen (secondary N) is 1. The summed E-state index contributed by atoms with van der Waals surface area (Å²) in [6.07, 6.45) is 3.41. The first-order valence-electron chi connectivity index (χ1n) is 11.3. The zero-order valence-corrected chi connectivity index (χ0v) is 19.3. The summed E-state index contributed by atoms with van der Waals surface area (Å²) >= 11 is 0. The van der Waals surface area contributed by atoms with E-state index in [9.17, 15) is 14.4 Å². The third-order valence-corrected chi connectivity index (χ3v) is 5.82. The van der Waals surface area contributed by atoms with Gasteiger partial charge in [0.15, 0.2) is 0 Å². The van der Waals surface area contributed by atoms with Gasteiger partial charge >= 0.3 is 5.97 Å². The van der Waals surface area contributed by atoms with Crippen LogP contribution in [0.15, 0.2) is 67.0 Å². The molecule has 1 aromatic heterocycles. The highest BCUT2D eigenvalue weighted by Crippen LogP contribution is 2.28. The molecule has 7 heteroatoms. The zero-order chi connectivity index (χ0) is 24.1. The standard InChI is InChI=1S/C27H27N3O4/c1-3-34-24(31)14-23(20-11-9-18(2)10-12-20)29-26(32)22-8-4-7-21-17-30(27(33)25(21)22)16-19-6-5-13-28-15-19/h4-13,15,23H,3,14,16-17H2,1-2H3,(H,29,32). The molecule has 0 bridgehead atoms. The monoisotopic (exact) mass is 457 g/mol. The van der Waals surface area contributed by atoms with Crippen LogP contribution in [0, 0.1) is 6.92 Å². The molecule has 0 spiro atoms. The van der Waals surface area contributed by atoms with E-state index in [1.165, 1.54) is 0 Å². The van der Waals surface area contributed by atoms with E-state index in [2.05, 4.69) is 10.3 Å². The van der Waals surface area contributed by atoms with Gasteiger partial charge in [0.05, 0.1) is 30.2 Å². The fraction of sp³-hybridized carbons (Fsp3) is 0.259. The van der Waals surface area contributed by atoms with Crippen molar-refractivity contribution in [2.75, 3.05) is 6.61 Å². The summed E-state index contributed by atoms with van der Waals surface area (Å²) in [5.74, 6) is -0.990. The Balaban J connectivity index is 1.57. The lowest BCUT2D eigenvalue weighted by Gasteiger charge is -2.20. The highest BCUT2D eigenvalue weighted by atomic mass is 16.5. The van der Waals surface area contributed by atoms with Gasteiger partial charge in [-0.3, -0.25) is 19.4 Å². The number of ether oxygens (including phenoxy) is 1. The molecular formula is C27H27N3O4. The third-order valence-electron chi connectivity index (χ3n) is 5.82. The van der Waals surface area contributed by atoms with Crippen molar-refractivity contribution >= 4 is 17.8 Å². The van der Waals surface area contributed by atoms with E-state index in [4.69, 9.17) is 4.74 Å². The van der Waals surface area contributed by atoms with Crippen LogP contribution >= 0.6 is 0 Å². The smallest absolute Gasteiger partial charge is 0.308 e. The molecule has 1 unspecified atom stereocenters. The van der Waals surface area contributed by atoms with Gasteiger partial charge in [-0.25, -0.2) is 0 Å². The van der Waals surface area contributed by atoms with Crippen LogP contribution in [-0.2, 0) is 22.6 Å². The molecule has 1 atom stereocenters. The Morgan fingerprint density at radius 3 is 2.62 bits per heavy atom. The number of nitrogens with zero attached hydrogens (tertiary/aromatic N) is 2. The molecule has 1 aliphatic rings. The molecule has 2 aromatic carbocycles. The van der Waals surface area contributed by atoms with Crippen molar-refractivity contribution in [3.8, 4) is 0 Å². The maximum absolute atomic E-state index is 13.4. The number of carbonyl (C=O) groups is 3. The number of rotatable bonds is 8. The average Bonchev–Trinajstić information content (AvgIpc) is 3.15. The number of fused-ring (bicyclic) bond motifs is 1. The van der Waals surface area contributed by atoms with E-state index in [1.54, 1.807) is 36.4 Å². The fourth-order valence-electron chi connectivity index (χ4n) is 4.12. The van der Waals surface area contributed by atoms with Crippen molar-refractivity contribution < 1.29 is 19.1 Å². The first-order valence-corrected chi connectivity index (χ1v) is 11.3. The van der Waals surface area contributed by atoms with Crippen molar-refractivity contribution in [2.24, 2.45) is 0 Å². The van der Waals surface area contributed by atoms with Gasteiger partial charge in [-0.05, 0) is 42.7 Å². The van der Waals surface area contributed by atoms with Gasteiger partial charge in [-0.1, -0.05) is 48.0 Å². The number of pyridine rings is 1.